The number of amides is 2. The number of rotatable bonds is 5. The van der Waals surface area contributed by atoms with Gasteiger partial charge in [0.25, 0.3) is 0 Å². The number of piperidine rings is 1. The van der Waals surface area contributed by atoms with Crippen molar-refractivity contribution in [1.82, 2.24) is 9.80 Å². The van der Waals surface area contributed by atoms with Gasteiger partial charge in [-0.25, -0.2) is 0 Å². The van der Waals surface area contributed by atoms with Crippen molar-refractivity contribution in [3.63, 3.8) is 0 Å². The Morgan fingerprint density at radius 2 is 1.95 bits per heavy atom. The Morgan fingerprint density at radius 1 is 1.37 bits per heavy atom. The highest BCUT2D eigenvalue weighted by Crippen LogP contribution is 2.21. The van der Waals surface area contributed by atoms with Crippen LogP contribution in [-0.4, -0.2) is 47.3 Å². The first-order chi connectivity index (χ1) is 9.01. The van der Waals surface area contributed by atoms with Gasteiger partial charge in [-0.2, -0.15) is 0 Å². The maximum atomic E-state index is 12.5. The number of hydrogen-bond donors (Lipinski definition) is 0. The predicted octanol–water partition coefficient (Wildman–Crippen LogP) is 2.06. The van der Waals surface area contributed by atoms with Crippen LogP contribution in [0.2, 0.25) is 0 Å². The normalized spacial score (nSPS) is 16.5. The van der Waals surface area contributed by atoms with Gasteiger partial charge < -0.3 is 9.80 Å². The number of hydrogen-bond acceptors (Lipinski definition) is 2. The molecule has 0 N–H and O–H groups in total. The molecule has 0 spiro atoms. The molecule has 1 saturated heterocycles. The molecule has 1 aliphatic heterocycles. The Labute approximate surface area is 116 Å². The molecule has 0 unspecified atom stereocenters. The maximum Gasteiger partial charge on any atom is 0.245 e. The summed E-state index contributed by atoms with van der Waals surface area (Å²) in [5.74, 6) is 0.297. The van der Waals surface area contributed by atoms with Gasteiger partial charge in [0, 0.05) is 31.6 Å². The maximum absolute atomic E-state index is 12.5. The Morgan fingerprint density at radius 3 is 2.37 bits per heavy atom. The quantitative estimate of drug-likeness (QED) is 0.715. The standard InChI is InChI=1S/C15H26N2O2/c1-5-9-17(12(3)4)15(19)13-7-10-16(11-8-13)14(18)6-2/h6,12-13H,2,5,7-11H2,1,3-4H3. The molecule has 0 aromatic carbocycles. The average Bonchev–Trinajstić information content (AvgIpc) is 2.43. The molecular formula is C15H26N2O2. The van der Waals surface area contributed by atoms with E-state index in [-0.39, 0.29) is 23.8 Å². The summed E-state index contributed by atoms with van der Waals surface area (Å²) in [5.41, 5.74) is 0. The van der Waals surface area contributed by atoms with Crippen LogP contribution >= 0.6 is 0 Å². The smallest absolute Gasteiger partial charge is 0.245 e. The highest BCUT2D eigenvalue weighted by Gasteiger charge is 2.30. The molecule has 0 bridgehead atoms. The first-order valence-electron chi connectivity index (χ1n) is 7.23. The number of likely N-dealkylation sites (tertiary alicyclic amines) is 1. The van der Waals surface area contributed by atoms with Crippen molar-refractivity contribution in [2.75, 3.05) is 19.6 Å². The van der Waals surface area contributed by atoms with Crippen molar-refractivity contribution in [2.24, 2.45) is 5.92 Å². The van der Waals surface area contributed by atoms with Crippen LogP contribution in [0.4, 0.5) is 0 Å². The van der Waals surface area contributed by atoms with E-state index in [1.165, 1.54) is 6.08 Å². The Kier molecular flexibility index (Phi) is 6.06. The Bertz CT molecular complexity index is 331. The molecular weight excluding hydrogens is 240 g/mol. The zero-order chi connectivity index (χ0) is 14.4. The zero-order valence-corrected chi connectivity index (χ0v) is 12.4. The molecule has 0 aromatic rings. The third-order valence-corrected chi connectivity index (χ3v) is 3.70. The lowest BCUT2D eigenvalue weighted by Crippen LogP contribution is -2.46. The Hall–Kier alpha value is -1.32. The molecule has 1 rings (SSSR count). The van der Waals surface area contributed by atoms with Gasteiger partial charge in [0.2, 0.25) is 11.8 Å². The van der Waals surface area contributed by atoms with Crippen LogP contribution in [0.5, 0.6) is 0 Å². The van der Waals surface area contributed by atoms with Crippen molar-refractivity contribution in [3.8, 4) is 0 Å². The molecule has 108 valence electrons. The van der Waals surface area contributed by atoms with E-state index >= 15 is 0 Å². The summed E-state index contributed by atoms with van der Waals surface area (Å²) in [6, 6.07) is 0.250. The molecule has 4 nitrogen and oxygen atoms in total. The fourth-order valence-electron chi connectivity index (χ4n) is 2.57. The van der Waals surface area contributed by atoms with Crippen molar-refractivity contribution >= 4 is 11.8 Å². The molecule has 0 atom stereocenters. The molecule has 0 aromatic heterocycles. The van der Waals surface area contributed by atoms with E-state index in [9.17, 15) is 9.59 Å². The van der Waals surface area contributed by atoms with Crippen LogP contribution in [0.3, 0.4) is 0 Å². The summed E-state index contributed by atoms with van der Waals surface area (Å²) in [6.45, 7) is 11.9. The molecule has 1 fully saturated rings. The summed E-state index contributed by atoms with van der Waals surface area (Å²) in [6.07, 6.45) is 3.87. The minimum absolute atomic E-state index is 0.0276. The van der Waals surface area contributed by atoms with Gasteiger partial charge in [-0.3, -0.25) is 9.59 Å². The van der Waals surface area contributed by atoms with Gasteiger partial charge in [-0.15, -0.1) is 0 Å². The van der Waals surface area contributed by atoms with Crippen LogP contribution < -0.4 is 0 Å². The fourth-order valence-corrected chi connectivity index (χ4v) is 2.57. The molecule has 0 aliphatic carbocycles. The van der Waals surface area contributed by atoms with Gasteiger partial charge in [0.15, 0.2) is 0 Å². The van der Waals surface area contributed by atoms with Gasteiger partial charge in [-0.05, 0) is 39.2 Å². The zero-order valence-electron chi connectivity index (χ0n) is 12.4. The average molecular weight is 266 g/mol. The third-order valence-electron chi connectivity index (χ3n) is 3.70. The topological polar surface area (TPSA) is 40.6 Å². The van der Waals surface area contributed by atoms with E-state index in [2.05, 4.69) is 27.4 Å². The van der Waals surface area contributed by atoms with E-state index in [1.54, 1.807) is 4.90 Å². The second kappa shape index (κ2) is 7.31. The van der Waals surface area contributed by atoms with Crippen LogP contribution in [0, 0.1) is 5.92 Å². The van der Waals surface area contributed by atoms with Crippen LogP contribution in [0.1, 0.15) is 40.0 Å². The minimum Gasteiger partial charge on any atom is -0.340 e. The molecule has 0 saturated carbocycles. The number of carbonyl (C=O) groups excluding carboxylic acids is 2. The highest BCUT2D eigenvalue weighted by atomic mass is 16.2. The fraction of sp³-hybridized carbons (Fsp3) is 0.733. The summed E-state index contributed by atoms with van der Waals surface area (Å²) in [4.78, 5) is 27.7. The summed E-state index contributed by atoms with van der Waals surface area (Å²) in [7, 11) is 0. The molecule has 1 aliphatic rings. The van der Waals surface area contributed by atoms with Gasteiger partial charge in [0.05, 0.1) is 0 Å². The molecule has 0 radical (unpaired) electrons. The summed E-state index contributed by atoms with van der Waals surface area (Å²) in [5, 5.41) is 0. The molecule has 2 amide bonds. The predicted molar refractivity (Wildman–Crippen MR) is 76.6 cm³/mol. The largest absolute Gasteiger partial charge is 0.340 e. The van der Waals surface area contributed by atoms with E-state index in [4.69, 9.17) is 0 Å². The second-order valence-corrected chi connectivity index (χ2v) is 5.43. The second-order valence-electron chi connectivity index (χ2n) is 5.43. The van der Waals surface area contributed by atoms with Gasteiger partial charge >= 0.3 is 0 Å². The SMILES string of the molecule is C=CC(=O)N1CCC(C(=O)N(CCC)C(C)C)CC1. The van der Waals surface area contributed by atoms with E-state index in [0.717, 1.165) is 25.8 Å². The van der Waals surface area contributed by atoms with Gasteiger partial charge in [-0.1, -0.05) is 13.5 Å². The number of carbonyl (C=O) groups is 2. The lowest BCUT2D eigenvalue weighted by Gasteiger charge is -2.35. The van der Waals surface area contributed by atoms with Crippen molar-refractivity contribution in [2.45, 2.75) is 46.1 Å². The summed E-state index contributed by atoms with van der Waals surface area (Å²) < 4.78 is 0. The van der Waals surface area contributed by atoms with Crippen molar-refractivity contribution in [1.29, 1.82) is 0 Å². The first kappa shape index (κ1) is 15.7. The van der Waals surface area contributed by atoms with Crippen LogP contribution in [0.15, 0.2) is 12.7 Å². The van der Waals surface area contributed by atoms with E-state index in [0.29, 0.717) is 13.1 Å². The first-order valence-corrected chi connectivity index (χ1v) is 7.23. The third kappa shape index (κ3) is 4.08. The summed E-state index contributed by atoms with van der Waals surface area (Å²) >= 11 is 0. The lowest BCUT2D eigenvalue weighted by atomic mass is 9.94. The minimum atomic E-state index is -0.0276. The molecule has 19 heavy (non-hydrogen) atoms. The lowest BCUT2D eigenvalue weighted by molar-refractivity contribution is -0.140. The van der Waals surface area contributed by atoms with E-state index in [1.807, 2.05) is 4.90 Å². The van der Waals surface area contributed by atoms with Crippen molar-refractivity contribution < 1.29 is 9.59 Å². The van der Waals surface area contributed by atoms with Gasteiger partial charge in [0.1, 0.15) is 0 Å². The monoisotopic (exact) mass is 266 g/mol. The van der Waals surface area contributed by atoms with E-state index < -0.39 is 0 Å². The molecule has 4 heteroatoms. The van der Waals surface area contributed by atoms with Crippen molar-refractivity contribution in [3.05, 3.63) is 12.7 Å². The Balaban J connectivity index is 2.56. The highest BCUT2D eigenvalue weighted by molar-refractivity contribution is 5.87. The van der Waals surface area contributed by atoms with Crippen LogP contribution in [0.25, 0.3) is 0 Å². The van der Waals surface area contributed by atoms with Crippen LogP contribution in [-0.2, 0) is 9.59 Å². The number of nitrogens with zero attached hydrogens (tertiary/aromatic N) is 2. The molecule has 1 heterocycles.